The molecular weight excluding hydrogens is 196 g/mol. The van der Waals surface area contributed by atoms with E-state index < -0.39 is 11.5 Å². The standard InChI is InChI=1S/C10H10N2O3/c1-10(11,9(13)14)8-12-6-4-2-3-5-7(6)15-8/h2-5H,11H2,1H3,(H,13,14)/t10-/m1/s1. The molecule has 5 nitrogen and oxygen atoms in total. The summed E-state index contributed by atoms with van der Waals surface area (Å²) in [6, 6.07) is 7.03. The lowest BCUT2D eigenvalue weighted by Crippen LogP contribution is -2.41. The van der Waals surface area contributed by atoms with Crippen LogP contribution < -0.4 is 5.73 Å². The summed E-state index contributed by atoms with van der Waals surface area (Å²) in [5.41, 5.74) is 5.13. The molecule has 2 rings (SSSR count). The predicted molar refractivity (Wildman–Crippen MR) is 53.2 cm³/mol. The van der Waals surface area contributed by atoms with Crippen LogP contribution in [-0.4, -0.2) is 16.1 Å². The summed E-state index contributed by atoms with van der Waals surface area (Å²) >= 11 is 0. The number of rotatable bonds is 2. The van der Waals surface area contributed by atoms with Gasteiger partial charge in [0.2, 0.25) is 5.89 Å². The topological polar surface area (TPSA) is 89.4 Å². The smallest absolute Gasteiger partial charge is 0.333 e. The first-order valence-electron chi connectivity index (χ1n) is 4.40. The molecule has 0 aliphatic carbocycles. The average molecular weight is 206 g/mol. The number of aromatic nitrogens is 1. The number of fused-ring (bicyclic) bond motifs is 1. The maximum atomic E-state index is 10.9. The highest BCUT2D eigenvalue weighted by molar-refractivity contribution is 5.80. The minimum atomic E-state index is -1.60. The molecule has 0 bridgehead atoms. The van der Waals surface area contributed by atoms with Crippen molar-refractivity contribution in [2.75, 3.05) is 0 Å². The van der Waals surface area contributed by atoms with E-state index in [0.717, 1.165) is 0 Å². The fourth-order valence-corrected chi connectivity index (χ4v) is 1.19. The summed E-state index contributed by atoms with van der Waals surface area (Å²) in [5.74, 6) is -1.16. The molecule has 1 atom stereocenters. The largest absolute Gasteiger partial charge is 0.479 e. The first kappa shape index (κ1) is 9.67. The second-order valence-electron chi connectivity index (χ2n) is 3.49. The number of hydrogen-bond donors (Lipinski definition) is 2. The normalized spacial score (nSPS) is 15.1. The van der Waals surface area contributed by atoms with E-state index in [2.05, 4.69) is 4.98 Å². The SMILES string of the molecule is C[C@](N)(C(=O)O)c1nc2ccccc2o1. The van der Waals surface area contributed by atoms with E-state index >= 15 is 0 Å². The Morgan fingerprint density at radius 2 is 2.20 bits per heavy atom. The van der Waals surface area contributed by atoms with Crippen LogP contribution in [0.4, 0.5) is 0 Å². The first-order chi connectivity index (χ1) is 7.01. The Balaban J connectivity index is 2.58. The van der Waals surface area contributed by atoms with Crippen LogP contribution in [0.5, 0.6) is 0 Å². The zero-order valence-electron chi connectivity index (χ0n) is 8.10. The number of hydrogen-bond acceptors (Lipinski definition) is 4. The van der Waals surface area contributed by atoms with Gasteiger partial charge in [-0.2, -0.15) is 0 Å². The first-order valence-corrected chi connectivity index (χ1v) is 4.40. The van der Waals surface area contributed by atoms with E-state index in [1.54, 1.807) is 24.3 Å². The lowest BCUT2D eigenvalue weighted by Gasteiger charge is -2.13. The molecule has 5 heteroatoms. The second kappa shape index (κ2) is 3.06. The van der Waals surface area contributed by atoms with Gasteiger partial charge in [0.05, 0.1) is 0 Å². The summed E-state index contributed by atoms with van der Waals surface area (Å²) < 4.78 is 5.28. The molecule has 0 aliphatic rings. The van der Waals surface area contributed by atoms with E-state index in [0.29, 0.717) is 11.1 Å². The Morgan fingerprint density at radius 3 is 2.80 bits per heavy atom. The van der Waals surface area contributed by atoms with Crippen molar-refractivity contribution in [2.45, 2.75) is 12.5 Å². The van der Waals surface area contributed by atoms with E-state index in [-0.39, 0.29) is 5.89 Å². The van der Waals surface area contributed by atoms with Gasteiger partial charge in [0, 0.05) is 0 Å². The second-order valence-corrected chi connectivity index (χ2v) is 3.49. The number of para-hydroxylation sites is 2. The van der Waals surface area contributed by atoms with Crippen molar-refractivity contribution >= 4 is 17.1 Å². The van der Waals surface area contributed by atoms with Crippen LogP contribution in [0.3, 0.4) is 0 Å². The molecular formula is C10H10N2O3. The van der Waals surface area contributed by atoms with Gasteiger partial charge in [0.1, 0.15) is 5.52 Å². The highest BCUT2D eigenvalue weighted by atomic mass is 16.4. The van der Waals surface area contributed by atoms with Gasteiger partial charge in [-0.05, 0) is 19.1 Å². The number of benzene rings is 1. The maximum absolute atomic E-state index is 10.9. The van der Waals surface area contributed by atoms with Gasteiger partial charge >= 0.3 is 5.97 Å². The van der Waals surface area contributed by atoms with Crippen molar-refractivity contribution < 1.29 is 14.3 Å². The molecule has 0 amide bonds. The Morgan fingerprint density at radius 1 is 1.53 bits per heavy atom. The predicted octanol–water partition coefficient (Wildman–Crippen LogP) is 1.09. The van der Waals surface area contributed by atoms with E-state index in [9.17, 15) is 4.79 Å². The molecule has 78 valence electrons. The third-order valence-corrected chi connectivity index (χ3v) is 2.18. The van der Waals surface area contributed by atoms with Crippen molar-refractivity contribution in [3.63, 3.8) is 0 Å². The zero-order chi connectivity index (χ0) is 11.1. The number of aliphatic carboxylic acids is 1. The van der Waals surface area contributed by atoms with Crippen LogP contribution >= 0.6 is 0 Å². The third kappa shape index (κ3) is 1.46. The third-order valence-electron chi connectivity index (χ3n) is 2.18. The van der Waals surface area contributed by atoms with Crippen molar-refractivity contribution in [1.82, 2.24) is 4.98 Å². The summed E-state index contributed by atoms with van der Waals surface area (Å²) in [4.78, 5) is 14.9. The Bertz CT molecular complexity index is 483. The average Bonchev–Trinajstić information content (AvgIpc) is 2.61. The van der Waals surface area contributed by atoms with Gasteiger partial charge in [-0.1, -0.05) is 12.1 Å². The molecule has 0 spiro atoms. The molecule has 1 aromatic heterocycles. The van der Waals surface area contributed by atoms with Gasteiger partial charge < -0.3 is 15.3 Å². The molecule has 0 fully saturated rings. The number of nitrogens with zero attached hydrogens (tertiary/aromatic N) is 1. The Labute approximate surface area is 85.5 Å². The quantitative estimate of drug-likeness (QED) is 0.767. The highest BCUT2D eigenvalue weighted by Gasteiger charge is 2.35. The molecule has 0 aliphatic heterocycles. The van der Waals surface area contributed by atoms with Gasteiger partial charge in [0.25, 0.3) is 0 Å². The van der Waals surface area contributed by atoms with Crippen LogP contribution in [0.15, 0.2) is 28.7 Å². The van der Waals surface area contributed by atoms with Crippen molar-refractivity contribution in [3.8, 4) is 0 Å². The molecule has 0 unspecified atom stereocenters. The molecule has 1 heterocycles. The van der Waals surface area contributed by atoms with Gasteiger partial charge in [-0.15, -0.1) is 0 Å². The van der Waals surface area contributed by atoms with Crippen molar-refractivity contribution in [3.05, 3.63) is 30.2 Å². The van der Waals surface area contributed by atoms with Gasteiger partial charge in [0.15, 0.2) is 11.1 Å². The lowest BCUT2D eigenvalue weighted by atomic mass is 10.1. The summed E-state index contributed by atoms with van der Waals surface area (Å²) in [6.07, 6.45) is 0. The fourth-order valence-electron chi connectivity index (χ4n) is 1.19. The van der Waals surface area contributed by atoms with E-state index in [1.807, 2.05) is 0 Å². The van der Waals surface area contributed by atoms with Crippen LogP contribution in [0, 0.1) is 0 Å². The Kier molecular flexibility index (Phi) is 1.97. The summed E-state index contributed by atoms with van der Waals surface area (Å²) in [6.45, 7) is 1.35. The minimum Gasteiger partial charge on any atom is -0.479 e. The van der Waals surface area contributed by atoms with Crippen LogP contribution in [0.2, 0.25) is 0 Å². The number of carboxylic acids is 1. The number of carboxylic acid groups (broad SMARTS) is 1. The molecule has 2 aromatic rings. The molecule has 0 saturated heterocycles. The highest BCUT2D eigenvalue weighted by Crippen LogP contribution is 2.22. The molecule has 1 aromatic carbocycles. The number of oxazole rings is 1. The molecule has 3 N–H and O–H groups in total. The Hall–Kier alpha value is -1.88. The molecule has 0 radical (unpaired) electrons. The zero-order valence-corrected chi connectivity index (χ0v) is 8.10. The maximum Gasteiger partial charge on any atom is 0.333 e. The van der Waals surface area contributed by atoms with E-state index in [1.165, 1.54) is 6.92 Å². The van der Waals surface area contributed by atoms with Crippen LogP contribution in [0.1, 0.15) is 12.8 Å². The van der Waals surface area contributed by atoms with E-state index in [4.69, 9.17) is 15.3 Å². The minimum absolute atomic E-state index is 0.0104. The number of nitrogens with two attached hydrogens (primary N) is 1. The summed E-state index contributed by atoms with van der Waals surface area (Å²) in [5, 5.41) is 8.89. The van der Waals surface area contributed by atoms with Gasteiger partial charge in [-0.25, -0.2) is 9.78 Å². The number of carbonyl (C=O) groups is 1. The molecule has 0 saturated carbocycles. The van der Waals surface area contributed by atoms with Crippen LogP contribution in [-0.2, 0) is 10.3 Å². The van der Waals surface area contributed by atoms with Crippen molar-refractivity contribution in [2.24, 2.45) is 5.73 Å². The van der Waals surface area contributed by atoms with Crippen LogP contribution in [0.25, 0.3) is 11.1 Å². The lowest BCUT2D eigenvalue weighted by molar-refractivity contribution is -0.143. The monoisotopic (exact) mass is 206 g/mol. The molecule has 15 heavy (non-hydrogen) atoms. The van der Waals surface area contributed by atoms with Crippen molar-refractivity contribution in [1.29, 1.82) is 0 Å². The van der Waals surface area contributed by atoms with Gasteiger partial charge in [-0.3, -0.25) is 0 Å². The fraction of sp³-hybridized carbons (Fsp3) is 0.200. The summed E-state index contributed by atoms with van der Waals surface area (Å²) in [7, 11) is 0.